The van der Waals surface area contributed by atoms with E-state index in [4.69, 9.17) is 35.9 Å². The van der Waals surface area contributed by atoms with Crippen molar-refractivity contribution in [2.24, 2.45) is 11.5 Å². The third-order valence-corrected chi connectivity index (χ3v) is 1.90. The van der Waals surface area contributed by atoms with Crippen LogP contribution < -0.4 is 11.5 Å². The predicted molar refractivity (Wildman–Crippen MR) is 58.2 cm³/mol. The maximum atomic E-state index is 5.47. The lowest BCUT2D eigenvalue weighted by atomic mass is 10.1. The summed E-state index contributed by atoms with van der Waals surface area (Å²) in [5.74, 6) is 0. The second-order valence-electron chi connectivity index (χ2n) is 2.27. The van der Waals surface area contributed by atoms with Crippen LogP contribution in [-0.4, -0.2) is 9.98 Å². The van der Waals surface area contributed by atoms with Gasteiger partial charge in [0, 0.05) is 11.1 Å². The smallest absolute Gasteiger partial charge is 0.104 e. The minimum Gasteiger partial charge on any atom is -0.389 e. The minimum absolute atomic E-state index is 0.318. The molecule has 0 unspecified atom stereocenters. The Morgan fingerprint density at radius 1 is 0.917 bits per heavy atom. The van der Waals surface area contributed by atoms with Crippen LogP contribution in [0.2, 0.25) is 0 Å². The molecule has 0 aromatic heterocycles. The highest BCUT2D eigenvalue weighted by Crippen LogP contribution is 2.07. The lowest BCUT2D eigenvalue weighted by Gasteiger charge is -2.04. The first-order valence-corrected chi connectivity index (χ1v) is 4.13. The maximum Gasteiger partial charge on any atom is 0.104 e. The molecule has 0 radical (unpaired) electrons. The molecule has 4 heteroatoms. The zero-order chi connectivity index (χ0) is 9.14. The second-order valence-corrected chi connectivity index (χ2v) is 3.15. The Kier molecular flexibility index (Phi) is 2.73. The summed E-state index contributed by atoms with van der Waals surface area (Å²) in [5.41, 5.74) is 12.4. The van der Waals surface area contributed by atoms with Crippen molar-refractivity contribution in [2.75, 3.05) is 0 Å². The molecule has 1 rings (SSSR count). The van der Waals surface area contributed by atoms with E-state index < -0.39 is 0 Å². The molecule has 0 atom stereocenters. The Morgan fingerprint density at radius 2 is 1.25 bits per heavy atom. The van der Waals surface area contributed by atoms with Gasteiger partial charge in [0.1, 0.15) is 9.98 Å². The van der Waals surface area contributed by atoms with Crippen molar-refractivity contribution in [1.29, 1.82) is 0 Å². The average molecular weight is 196 g/mol. The van der Waals surface area contributed by atoms with Crippen LogP contribution in [0, 0.1) is 0 Å². The summed E-state index contributed by atoms with van der Waals surface area (Å²) in [4.78, 5) is 0.636. The summed E-state index contributed by atoms with van der Waals surface area (Å²) < 4.78 is 0. The molecular formula is C8H8N2S2. The predicted octanol–water partition coefficient (Wildman–Crippen LogP) is 0.955. The van der Waals surface area contributed by atoms with Crippen molar-refractivity contribution >= 4 is 34.4 Å². The minimum atomic E-state index is 0.318. The summed E-state index contributed by atoms with van der Waals surface area (Å²) >= 11 is 9.66. The van der Waals surface area contributed by atoms with Crippen molar-refractivity contribution in [3.05, 3.63) is 35.4 Å². The van der Waals surface area contributed by atoms with Gasteiger partial charge in [-0.05, 0) is 0 Å². The monoisotopic (exact) mass is 196 g/mol. The second kappa shape index (κ2) is 3.60. The molecule has 0 saturated carbocycles. The highest BCUT2D eigenvalue weighted by atomic mass is 32.1. The number of hydrogen-bond donors (Lipinski definition) is 2. The van der Waals surface area contributed by atoms with E-state index in [2.05, 4.69) is 0 Å². The van der Waals surface area contributed by atoms with Crippen LogP contribution >= 0.6 is 24.4 Å². The Morgan fingerprint density at radius 3 is 1.50 bits per heavy atom. The van der Waals surface area contributed by atoms with Crippen molar-refractivity contribution < 1.29 is 0 Å². The summed E-state index contributed by atoms with van der Waals surface area (Å²) in [5, 5.41) is 0. The van der Waals surface area contributed by atoms with Gasteiger partial charge in [-0.3, -0.25) is 0 Å². The van der Waals surface area contributed by atoms with Crippen molar-refractivity contribution in [3.63, 3.8) is 0 Å². The zero-order valence-electron chi connectivity index (χ0n) is 6.28. The maximum absolute atomic E-state index is 5.47. The van der Waals surface area contributed by atoms with Gasteiger partial charge in [0.05, 0.1) is 0 Å². The molecular weight excluding hydrogens is 188 g/mol. The fraction of sp³-hybridized carbons (Fsp3) is 0. The van der Waals surface area contributed by atoms with E-state index in [0.717, 1.165) is 11.1 Å². The average Bonchev–Trinajstić information content (AvgIpc) is 2.04. The van der Waals surface area contributed by atoms with Crippen LogP contribution in [0.5, 0.6) is 0 Å². The Balaban J connectivity index is 3.27. The molecule has 0 bridgehead atoms. The Hall–Kier alpha value is -1.00. The molecule has 0 fully saturated rings. The third-order valence-electron chi connectivity index (χ3n) is 1.46. The SMILES string of the molecule is NC(=S)c1ccccc1C(N)=S. The van der Waals surface area contributed by atoms with E-state index in [1.807, 2.05) is 12.1 Å². The van der Waals surface area contributed by atoms with Crippen LogP contribution in [-0.2, 0) is 0 Å². The normalized spacial score (nSPS) is 9.33. The number of benzene rings is 1. The first kappa shape index (κ1) is 9.09. The largest absolute Gasteiger partial charge is 0.389 e. The summed E-state index contributed by atoms with van der Waals surface area (Å²) in [6, 6.07) is 7.29. The molecule has 0 aliphatic rings. The standard InChI is InChI=1S/C8H8N2S2/c9-7(11)5-3-1-2-4-6(5)8(10)12/h1-4H,(H2,9,11)(H2,10,12). The molecule has 2 nitrogen and oxygen atoms in total. The van der Waals surface area contributed by atoms with Gasteiger partial charge in [0.25, 0.3) is 0 Å². The molecule has 0 spiro atoms. The van der Waals surface area contributed by atoms with Crippen LogP contribution in [0.1, 0.15) is 11.1 Å². The van der Waals surface area contributed by atoms with Crippen molar-refractivity contribution in [3.8, 4) is 0 Å². The van der Waals surface area contributed by atoms with Crippen molar-refractivity contribution in [1.82, 2.24) is 0 Å². The summed E-state index contributed by atoms with van der Waals surface area (Å²) in [6.45, 7) is 0. The number of nitrogens with two attached hydrogens (primary N) is 2. The number of thiocarbonyl (C=S) groups is 2. The molecule has 0 heterocycles. The topological polar surface area (TPSA) is 52.0 Å². The van der Waals surface area contributed by atoms with Crippen LogP contribution in [0.15, 0.2) is 24.3 Å². The first-order chi connectivity index (χ1) is 5.63. The molecule has 1 aromatic carbocycles. The quantitative estimate of drug-likeness (QED) is 0.692. The summed E-state index contributed by atoms with van der Waals surface area (Å²) in [6.07, 6.45) is 0. The third kappa shape index (κ3) is 1.78. The number of hydrogen-bond acceptors (Lipinski definition) is 2. The van der Waals surface area contributed by atoms with Gasteiger partial charge in [0.2, 0.25) is 0 Å². The van der Waals surface area contributed by atoms with Gasteiger partial charge >= 0.3 is 0 Å². The first-order valence-electron chi connectivity index (χ1n) is 3.31. The van der Waals surface area contributed by atoms with Gasteiger partial charge < -0.3 is 11.5 Å². The number of rotatable bonds is 2. The van der Waals surface area contributed by atoms with Crippen LogP contribution in [0.3, 0.4) is 0 Å². The molecule has 0 amide bonds. The highest BCUT2D eigenvalue weighted by molar-refractivity contribution is 7.81. The molecule has 0 aliphatic carbocycles. The fourth-order valence-corrected chi connectivity index (χ4v) is 1.27. The van der Waals surface area contributed by atoms with Gasteiger partial charge in [0.15, 0.2) is 0 Å². The van der Waals surface area contributed by atoms with E-state index >= 15 is 0 Å². The fourth-order valence-electron chi connectivity index (χ4n) is 0.913. The lowest BCUT2D eigenvalue weighted by molar-refractivity contribution is 1.57. The van der Waals surface area contributed by atoms with Crippen molar-refractivity contribution in [2.45, 2.75) is 0 Å². The van der Waals surface area contributed by atoms with Gasteiger partial charge in [-0.2, -0.15) is 0 Å². The van der Waals surface area contributed by atoms with Gasteiger partial charge in [-0.1, -0.05) is 48.7 Å². The van der Waals surface area contributed by atoms with Gasteiger partial charge in [-0.15, -0.1) is 0 Å². The van der Waals surface area contributed by atoms with E-state index in [0.29, 0.717) is 9.98 Å². The molecule has 0 aliphatic heterocycles. The zero-order valence-corrected chi connectivity index (χ0v) is 7.91. The van der Waals surface area contributed by atoms with E-state index in [1.165, 1.54) is 0 Å². The molecule has 4 N–H and O–H groups in total. The molecule has 12 heavy (non-hydrogen) atoms. The molecule has 62 valence electrons. The molecule has 0 saturated heterocycles. The molecule has 1 aromatic rings. The lowest BCUT2D eigenvalue weighted by Crippen LogP contribution is -2.18. The van der Waals surface area contributed by atoms with Crippen LogP contribution in [0.4, 0.5) is 0 Å². The Labute approximate surface area is 81.6 Å². The van der Waals surface area contributed by atoms with Crippen LogP contribution in [0.25, 0.3) is 0 Å². The van der Waals surface area contributed by atoms with E-state index in [-0.39, 0.29) is 0 Å². The van der Waals surface area contributed by atoms with Gasteiger partial charge in [-0.25, -0.2) is 0 Å². The summed E-state index contributed by atoms with van der Waals surface area (Å²) in [7, 11) is 0. The van der Waals surface area contributed by atoms with E-state index in [9.17, 15) is 0 Å². The Bertz CT molecular complexity index is 301. The van der Waals surface area contributed by atoms with E-state index in [1.54, 1.807) is 12.1 Å². The highest BCUT2D eigenvalue weighted by Gasteiger charge is 2.04.